The van der Waals surface area contributed by atoms with Crippen LogP contribution in [0.25, 0.3) is 0 Å². The summed E-state index contributed by atoms with van der Waals surface area (Å²) in [7, 11) is 1.93. The highest BCUT2D eigenvalue weighted by Crippen LogP contribution is 2.25. The minimum absolute atomic E-state index is 0.0413. The van der Waals surface area contributed by atoms with Crippen molar-refractivity contribution in [2.45, 2.75) is 50.7 Å². The molecule has 0 bridgehead atoms. The third kappa shape index (κ3) is 5.67. The number of aliphatic hydroxyl groups is 2. The molecule has 1 fully saturated rings. The first kappa shape index (κ1) is 20.6. The molecule has 4 N–H and O–H groups in total. The maximum Gasteiger partial charge on any atom is 0.315 e. The summed E-state index contributed by atoms with van der Waals surface area (Å²) >= 11 is 0. The largest absolute Gasteiger partial charge is 0.394 e. The van der Waals surface area contributed by atoms with Crippen molar-refractivity contribution in [3.63, 3.8) is 0 Å². The molecule has 1 heterocycles. The third-order valence-electron chi connectivity index (χ3n) is 4.63. The number of rotatable bonds is 8. The Labute approximate surface area is 155 Å². The van der Waals surface area contributed by atoms with Crippen LogP contribution < -0.4 is 10.6 Å². The molecule has 0 radical (unpaired) electrons. The van der Waals surface area contributed by atoms with E-state index in [-0.39, 0.29) is 37.4 Å². The van der Waals surface area contributed by atoms with Crippen molar-refractivity contribution < 1.29 is 19.7 Å². The molecule has 0 spiro atoms. The van der Waals surface area contributed by atoms with Crippen LogP contribution in [-0.2, 0) is 11.2 Å². The van der Waals surface area contributed by atoms with Gasteiger partial charge >= 0.3 is 6.03 Å². The third-order valence-corrected chi connectivity index (χ3v) is 4.63. The lowest BCUT2D eigenvalue weighted by Gasteiger charge is -2.30. The van der Waals surface area contributed by atoms with Gasteiger partial charge in [0.05, 0.1) is 18.8 Å². The molecular formula is C19H31N3O4. The Kier molecular flexibility index (Phi) is 7.84. The van der Waals surface area contributed by atoms with Gasteiger partial charge in [0, 0.05) is 19.1 Å². The number of nitrogens with one attached hydrogen (secondary N) is 2. The minimum Gasteiger partial charge on any atom is -0.394 e. The maximum absolute atomic E-state index is 11.8. The van der Waals surface area contributed by atoms with Crippen LogP contribution in [0.2, 0.25) is 0 Å². The number of aliphatic hydroxyl groups excluding tert-OH is 2. The van der Waals surface area contributed by atoms with Crippen LogP contribution in [0.1, 0.15) is 19.4 Å². The van der Waals surface area contributed by atoms with E-state index in [9.17, 15) is 15.0 Å². The first-order valence-corrected chi connectivity index (χ1v) is 9.15. The lowest BCUT2D eigenvalue weighted by Crippen LogP contribution is -2.51. The molecule has 7 nitrogen and oxygen atoms in total. The number of hydrogen-bond donors (Lipinski definition) is 4. The van der Waals surface area contributed by atoms with Crippen molar-refractivity contribution in [3.8, 4) is 0 Å². The molecule has 0 saturated carbocycles. The number of ether oxygens (including phenoxy) is 1. The summed E-state index contributed by atoms with van der Waals surface area (Å²) in [6.45, 7) is 4.53. The first-order chi connectivity index (χ1) is 12.4. The zero-order valence-electron chi connectivity index (χ0n) is 15.8. The summed E-state index contributed by atoms with van der Waals surface area (Å²) in [6.07, 6.45) is -0.987. The summed E-state index contributed by atoms with van der Waals surface area (Å²) in [5.74, 6) is 0. The van der Waals surface area contributed by atoms with Crippen LogP contribution in [-0.4, -0.2) is 78.3 Å². The van der Waals surface area contributed by atoms with Gasteiger partial charge in [-0.3, -0.25) is 4.90 Å². The van der Waals surface area contributed by atoms with Crippen LogP contribution in [0.5, 0.6) is 0 Å². The van der Waals surface area contributed by atoms with Gasteiger partial charge in [0.25, 0.3) is 0 Å². The predicted octanol–water partition coefficient (Wildman–Crippen LogP) is 0.358. The number of likely N-dealkylation sites (N-methyl/N-ethyl adjacent to an activating group) is 1. The Morgan fingerprint density at radius 1 is 1.27 bits per heavy atom. The first-order valence-electron chi connectivity index (χ1n) is 9.15. The standard InChI is InChI=1S/C19H31N3O4/c1-13(2)21-19(25)20-11-15-17(18(24)16(12-23)26-15)22(3)10-9-14-7-5-4-6-8-14/h4-8,13,15-18,23-24H,9-12H2,1-3H3,(H2,20,21,25). The van der Waals surface area contributed by atoms with Crippen molar-refractivity contribution in [2.24, 2.45) is 0 Å². The number of carbonyl (C=O) groups is 1. The highest BCUT2D eigenvalue weighted by Gasteiger charge is 2.45. The molecule has 1 aromatic carbocycles. The van der Waals surface area contributed by atoms with Crippen LogP contribution in [0, 0.1) is 0 Å². The zero-order valence-corrected chi connectivity index (χ0v) is 15.8. The Bertz CT molecular complexity index is 555. The van der Waals surface area contributed by atoms with Crippen LogP contribution in [0.3, 0.4) is 0 Å². The molecule has 4 unspecified atom stereocenters. The van der Waals surface area contributed by atoms with Crippen molar-refractivity contribution in [3.05, 3.63) is 35.9 Å². The topological polar surface area (TPSA) is 94.1 Å². The average molecular weight is 365 g/mol. The van der Waals surface area contributed by atoms with E-state index in [4.69, 9.17) is 4.74 Å². The van der Waals surface area contributed by atoms with E-state index >= 15 is 0 Å². The van der Waals surface area contributed by atoms with E-state index in [2.05, 4.69) is 22.8 Å². The summed E-state index contributed by atoms with van der Waals surface area (Å²) in [5.41, 5.74) is 1.22. The summed E-state index contributed by atoms with van der Waals surface area (Å²) < 4.78 is 5.78. The lowest BCUT2D eigenvalue weighted by atomic mass is 10.0. The molecular weight excluding hydrogens is 334 g/mol. The quantitative estimate of drug-likeness (QED) is 0.534. The number of hydrogen-bond acceptors (Lipinski definition) is 5. The number of benzene rings is 1. The molecule has 2 rings (SSSR count). The summed E-state index contributed by atoms with van der Waals surface area (Å²) in [4.78, 5) is 13.9. The smallest absolute Gasteiger partial charge is 0.315 e. The van der Waals surface area contributed by atoms with E-state index in [1.165, 1.54) is 5.56 Å². The van der Waals surface area contributed by atoms with E-state index < -0.39 is 12.2 Å². The maximum atomic E-state index is 11.8. The van der Waals surface area contributed by atoms with E-state index in [0.717, 1.165) is 13.0 Å². The molecule has 4 atom stereocenters. The van der Waals surface area contributed by atoms with Crippen LogP contribution in [0.4, 0.5) is 4.79 Å². The fourth-order valence-corrected chi connectivity index (χ4v) is 3.30. The van der Waals surface area contributed by atoms with Gasteiger partial charge in [-0.15, -0.1) is 0 Å². The second-order valence-electron chi connectivity index (χ2n) is 7.10. The lowest BCUT2D eigenvalue weighted by molar-refractivity contribution is -0.0206. The molecule has 0 aromatic heterocycles. The van der Waals surface area contributed by atoms with Gasteiger partial charge in [-0.1, -0.05) is 30.3 Å². The predicted molar refractivity (Wildman–Crippen MR) is 100.0 cm³/mol. The molecule has 7 heteroatoms. The number of amides is 2. The van der Waals surface area contributed by atoms with Crippen molar-refractivity contribution in [1.29, 1.82) is 0 Å². The summed E-state index contributed by atoms with van der Waals surface area (Å²) in [6, 6.07) is 9.61. The Hall–Kier alpha value is -1.67. The van der Waals surface area contributed by atoms with Gasteiger partial charge in [-0.25, -0.2) is 4.79 Å². The second-order valence-corrected chi connectivity index (χ2v) is 7.10. The van der Waals surface area contributed by atoms with Gasteiger partial charge in [-0.2, -0.15) is 0 Å². The van der Waals surface area contributed by atoms with Crippen LogP contribution >= 0.6 is 0 Å². The monoisotopic (exact) mass is 365 g/mol. The van der Waals surface area contributed by atoms with Crippen molar-refractivity contribution in [1.82, 2.24) is 15.5 Å². The Morgan fingerprint density at radius 3 is 2.58 bits per heavy atom. The molecule has 1 aliphatic heterocycles. The highest BCUT2D eigenvalue weighted by atomic mass is 16.5. The Balaban J connectivity index is 1.95. The van der Waals surface area contributed by atoms with Crippen LogP contribution in [0.15, 0.2) is 30.3 Å². The fraction of sp³-hybridized carbons (Fsp3) is 0.632. The molecule has 1 aliphatic rings. The second kappa shape index (κ2) is 9.87. The van der Waals surface area contributed by atoms with Gasteiger partial charge in [-0.05, 0) is 32.9 Å². The number of nitrogens with zero attached hydrogens (tertiary/aromatic N) is 1. The molecule has 26 heavy (non-hydrogen) atoms. The summed E-state index contributed by atoms with van der Waals surface area (Å²) in [5, 5.41) is 25.5. The highest BCUT2D eigenvalue weighted by molar-refractivity contribution is 5.74. The van der Waals surface area contributed by atoms with Gasteiger partial charge in [0.1, 0.15) is 12.2 Å². The van der Waals surface area contributed by atoms with Crippen molar-refractivity contribution in [2.75, 3.05) is 26.7 Å². The van der Waals surface area contributed by atoms with Gasteiger partial charge in [0.2, 0.25) is 0 Å². The fourth-order valence-electron chi connectivity index (χ4n) is 3.30. The molecule has 146 valence electrons. The Morgan fingerprint density at radius 2 is 1.96 bits per heavy atom. The molecule has 2 amide bonds. The molecule has 1 saturated heterocycles. The number of carbonyl (C=O) groups excluding carboxylic acids is 1. The van der Waals surface area contributed by atoms with E-state index in [1.807, 2.05) is 44.0 Å². The number of urea groups is 1. The SMILES string of the molecule is CC(C)NC(=O)NCC1OC(CO)C(O)C1N(C)CCc1ccccc1. The molecule has 0 aliphatic carbocycles. The van der Waals surface area contributed by atoms with Gasteiger partial charge < -0.3 is 25.6 Å². The zero-order chi connectivity index (χ0) is 19.1. The van der Waals surface area contributed by atoms with Crippen molar-refractivity contribution >= 4 is 6.03 Å². The van der Waals surface area contributed by atoms with Gasteiger partial charge in [0.15, 0.2) is 0 Å². The normalized spacial score (nSPS) is 25.7. The minimum atomic E-state index is -0.805. The van der Waals surface area contributed by atoms with E-state index in [0.29, 0.717) is 0 Å². The average Bonchev–Trinajstić information content (AvgIpc) is 2.94. The van der Waals surface area contributed by atoms with E-state index in [1.54, 1.807) is 0 Å². The molecule has 1 aromatic rings.